The van der Waals surface area contributed by atoms with Crippen LogP contribution in [0, 0.1) is 35.5 Å². The second kappa shape index (κ2) is 14.2. The van der Waals surface area contributed by atoms with E-state index < -0.39 is 48.6 Å². The third-order valence-corrected chi connectivity index (χ3v) is 14.3. The molecule has 0 aliphatic heterocycles. The number of alkyl halides is 2. The van der Waals surface area contributed by atoms with Gasteiger partial charge in [-0.25, -0.2) is 25.6 Å². The van der Waals surface area contributed by atoms with Crippen LogP contribution in [0.2, 0.25) is 0 Å². The maximum absolute atomic E-state index is 15.2. The molecule has 10 heteroatoms. The Morgan fingerprint density at radius 2 is 1.02 bits per heavy atom. The summed E-state index contributed by atoms with van der Waals surface area (Å²) in [6, 6.07) is 12.6. The highest BCUT2D eigenvalue weighted by Crippen LogP contribution is 2.72. The maximum atomic E-state index is 15.2. The molecule has 0 unspecified atom stereocenters. The molecule has 0 bridgehead atoms. The van der Waals surface area contributed by atoms with E-state index in [2.05, 4.69) is 0 Å². The normalized spacial score (nSPS) is 28.5. The Balaban J connectivity index is 0.000000195. The molecule has 4 atom stereocenters. The van der Waals surface area contributed by atoms with Crippen LogP contribution in [0.1, 0.15) is 109 Å². The van der Waals surface area contributed by atoms with Gasteiger partial charge in [0.1, 0.15) is 11.2 Å². The Labute approximate surface area is 298 Å². The van der Waals surface area contributed by atoms with Crippen molar-refractivity contribution >= 4 is 31.2 Å². The molecular formula is C40H54F2O6S2. The van der Waals surface area contributed by atoms with Crippen molar-refractivity contribution < 1.29 is 35.2 Å². The first-order valence-corrected chi connectivity index (χ1v) is 22.2. The van der Waals surface area contributed by atoms with Crippen LogP contribution in [0.5, 0.6) is 0 Å². The summed E-state index contributed by atoms with van der Waals surface area (Å²) in [5.74, 6) is -3.74. The highest BCUT2D eigenvalue weighted by atomic mass is 32.2. The van der Waals surface area contributed by atoms with Gasteiger partial charge in [-0.05, 0) is 72.4 Å². The third kappa shape index (κ3) is 7.01. The number of sulfone groups is 2. The van der Waals surface area contributed by atoms with Crippen molar-refractivity contribution in [2.24, 2.45) is 35.5 Å². The Kier molecular flexibility index (Phi) is 11.0. The summed E-state index contributed by atoms with van der Waals surface area (Å²) in [6.45, 7) is 7.26. The summed E-state index contributed by atoms with van der Waals surface area (Å²) in [5, 5.41) is 0. The summed E-state index contributed by atoms with van der Waals surface area (Å²) < 4.78 is 77.1. The number of halogens is 2. The minimum atomic E-state index is -3.42. The molecule has 6 nitrogen and oxygen atoms in total. The smallest absolute Gasteiger partial charge is 0.269 e. The van der Waals surface area contributed by atoms with E-state index in [0.717, 1.165) is 50.3 Å². The summed E-state index contributed by atoms with van der Waals surface area (Å²) in [4.78, 5) is 26.4. The van der Waals surface area contributed by atoms with Crippen LogP contribution in [0.25, 0.3) is 0 Å². The zero-order valence-electron chi connectivity index (χ0n) is 30.4. The number of carbonyl (C=O) groups is 2. The van der Waals surface area contributed by atoms with Crippen molar-refractivity contribution in [1.29, 1.82) is 0 Å². The quantitative estimate of drug-likeness (QED) is 0.243. The Bertz CT molecular complexity index is 1770. The van der Waals surface area contributed by atoms with Gasteiger partial charge in [-0.2, -0.15) is 0 Å². The monoisotopic (exact) mass is 732 g/mol. The van der Waals surface area contributed by atoms with Gasteiger partial charge in [-0.15, -0.1) is 0 Å². The predicted octanol–water partition coefficient (Wildman–Crippen LogP) is 8.55. The SMILES string of the molecule is CC(C)C(=O)[C@@]1(c2ccc(S(C)(=O)=O)cc2)[C@H](C2CCCCC2)C1(F)F.CC(C)C(=O)[C@]1(c2ccc(S(C)(=O)=O)cc2)C[C@H]1C1CCCCC1. The van der Waals surface area contributed by atoms with E-state index in [1.165, 1.54) is 62.6 Å². The van der Waals surface area contributed by atoms with Crippen LogP contribution in [0.15, 0.2) is 58.3 Å². The lowest BCUT2D eigenvalue weighted by Crippen LogP contribution is -2.32. The molecule has 0 N–H and O–H groups in total. The fourth-order valence-electron chi connectivity index (χ4n) is 9.47. The lowest BCUT2D eigenvalue weighted by Gasteiger charge is -2.26. The molecule has 0 amide bonds. The number of rotatable bonds is 10. The first kappa shape index (κ1) is 38.8. The minimum absolute atomic E-state index is 0.00757. The van der Waals surface area contributed by atoms with E-state index in [-0.39, 0.29) is 27.7 Å². The van der Waals surface area contributed by atoms with E-state index in [1.54, 1.807) is 26.0 Å². The first-order valence-electron chi connectivity index (χ1n) is 18.4. The van der Waals surface area contributed by atoms with Crippen LogP contribution in [-0.4, -0.2) is 46.8 Å². The molecule has 4 aliphatic rings. The average Bonchev–Trinajstić information content (AvgIpc) is 3.95. The van der Waals surface area contributed by atoms with E-state index in [1.807, 2.05) is 26.0 Å². The molecule has 0 saturated heterocycles. The van der Waals surface area contributed by atoms with Crippen molar-refractivity contribution in [3.8, 4) is 0 Å². The number of hydrogen-bond donors (Lipinski definition) is 0. The summed E-state index contributed by atoms with van der Waals surface area (Å²) in [6.07, 6.45) is 14.0. The van der Waals surface area contributed by atoms with E-state index in [9.17, 15) is 26.4 Å². The molecule has 6 rings (SSSR count). The number of Topliss-reactive ketones (excluding diaryl/α,β-unsaturated/α-hetero) is 2. The molecule has 4 aliphatic carbocycles. The molecule has 276 valence electrons. The lowest BCUT2D eigenvalue weighted by molar-refractivity contribution is -0.127. The third-order valence-electron chi connectivity index (χ3n) is 12.1. The van der Waals surface area contributed by atoms with Crippen molar-refractivity contribution in [3.63, 3.8) is 0 Å². The van der Waals surface area contributed by atoms with Gasteiger partial charge >= 0.3 is 0 Å². The molecule has 0 radical (unpaired) electrons. The summed E-state index contributed by atoms with van der Waals surface area (Å²) in [5.41, 5.74) is -0.904. The number of ketones is 2. The Morgan fingerprint density at radius 1 is 0.620 bits per heavy atom. The lowest BCUT2D eigenvalue weighted by atomic mass is 9.77. The highest BCUT2D eigenvalue weighted by Gasteiger charge is 2.85. The van der Waals surface area contributed by atoms with Gasteiger partial charge < -0.3 is 0 Å². The first-order chi connectivity index (χ1) is 23.3. The number of carbonyl (C=O) groups excluding carboxylic acids is 2. The zero-order valence-corrected chi connectivity index (χ0v) is 32.0. The van der Waals surface area contributed by atoms with Crippen LogP contribution >= 0.6 is 0 Å². The van der Waals surface area contributed by atoms with Gasteiger partial charge in [-0.3, -0.25) is 9.59 Å². The minimum Gasteiger partial charge on any atom is -0.298 e. The standard InChI is InChI=1S/C20H26F2O3S.C20H28O3S/c1-13(2)18(23)19(15-9-11-16(12-10-15)26(3,24)25)17(20(19,21)22)14-7-5-4-6-8-14;1-14(2)19(21)20(13-18(20)15-7-5-4-6-8-15)16-9-11-17(12-10-16)24(3,22)23/h9-14,17H,4-8H2,1-3H3;9-12,14-15,18H,4-8,13H2,1-3H3/t17-,19+;18-,20-/m00/s1. The largest absolute Gasteiger partial charge is 0.298 e. The molecule has 0 spiro atoms. The molecule has 4 saturated carbocycles. The van der Waals surface area contributed by atoms with Gasteiger partial charge in [0, 0.05) is 30.3 Å². The van der Waals surface area contributed by atoms with Crippen molar-refractivity contribution in [2.45, 2.75) is 125 Å². The van der Waals surface area contributed by atoms with Gasteiger partial charge in [0.25, 0.3) is 5.92 Å². The Hall–Kier alpha value is -2.46. The van der Waals surface area contributed by atoms with Crippen LogP contribution in [-0.2, 0) is 40.1 Å². The molecule has 4 fully saturated rings. The predicted molar refractivity (Wildman–Crippen MR) is 192 cm³/mol. The van der Waals surface area contributed by atoms with Crippen molar-refractivity contribution in [3.05, 3.63) is 59.7 Å². The maximum Gasteiger partial charge on any atom is 0.269 e. The average molecular weight is 733 g/mol. The Morgan fingerprint density at radius 3 is 1.42 bits per heavy atom. The molecule has 0 heterocycles. The number of benzene rings is 2. The molecule has 2 aromatic carbocycles. The second-order valence-electron chi connectivity index (χ2n) is 16.1. The van der Waals surface area contributed by atoms with Gasteiger partial charge in [0.2, 0.25) is 0 Å². The molecule has 50 heavy (non-hydrogen) atoms. The van der Waals surface area contributed by atoms with E-state index >= 15 is 8.78 Å². The van der Waals surface area contributed by atoms with Gasteiger partial charge in [-0.1, -0.05) is 103 Å². The highest BCUT2D eigenvalue weighted by molar-refractivity contribution is 7.91. The topological polar surface area (TPSA) is 102 Å². The molecule has 2 aromatic rings. The van der Waals surface area contributed by atoms with Gasteiger partial charge in [0.15, 0.2) is 25.5 Å². The van der Waals surface area contributed by atoms with Crippen LogP contribution < -0.4 is 0 Å². The fraction of sp³-hybridized carbons (Fsp3) is 0.650. The number of hydrogen-bond acceptors (Lipinski definition) is 6. The van der Waals surface area contributed by atoms with E-state index in [4.69, 9.17) is 0 Å². The van der Waals surface area contributed by atoms with Crippen molar-refractivity contribution in [2.75, 3.05) is 12.5 Å². The fourth-order valence-corrected chi connectivity index (χ4v) is 10.7. The zero-order chi connectivity index (χ0) is 36.9. The van der Waals surface area contributed by atoms with E-state index in [0.29, 0.717) is 22.5 Å². The molecule has 0 aromatic heterocycles. The van der Waals surface area contributed by atoms with Crippen LogP contribution in [0.3, 0.4) is 0 Å². The summed E-state index contributed by atoms with van der Waals surface area (Å²) in [7, 11) is -6.62. The van der Waals surface area contributed by atoms with Crippen molar-refractivity contribution in [1.82, 2.24) is 0 Å². The summed E-state index contributed by atoms with van der Waals surface area (Å²) >= 11 is 0. The second-order valence-corrected chi connectivity index (χ2v) is 20.1. The van der Waals surface area contributed by atoms with Crippen LogP contribution in [0.4, 0.5) is 8.78 Å². The molecular weight excluding hydrogens is 679 g/mol. The van der Waals surface area contributed by atoms with Gasteiger partial charge in [0.05, 0.1) is 15.2 Å².